The first kappa shape index (κ1) is 28.3. The fourth-order valence-electron chi connectivity index (χ4n) is 4.27. The number of carboxylic acids is 1. The Morgan fingerprint density at radius 2 is 1.84 bits per heavy atom. The molecule has 3 rings (SSSR count). The third-order valence-corrected chi connectivity index (χ3v) is 6.38. The van der Waals surface area contributed by atoms with E-state index in [0.717, 1.165) is 22.3 Å². The molecule has 3 N–H and O–H groups in total. The van der Waals surface area contributed by atoms with E-state index in [1.165, 1.54) is 13.2 Å². The lowest BCUT2D eigenvalue weighted by Gasteiger charge is -2.28. The number of aromatic carboxylic acids is 1. The second kappa shape index (κ2) is 12.3. The van der Waals surface area contributed by atoms with E-state index in [0.29, 0.717) is 18.5 Å². The summed E-state index contributed by atoms with van der Waals surface area (Å²) < 4.78 is 25.2. The summed E-state index contributed by atoms with van der Waals surface area (Å²) in [5, 5.41) is 23.3. The molecule has 0 saturated carbocycles. The molecule has 1 unspecified atom stereocenters. The molecule has 0 aliphatic heterocycles. The Hall–Kier alpha value is -3.26. The summed E-state index contributed by atoms with van der Waals surface area (Å²) >= 11 is 0. The van der Waals surface area contributed by atoms with Crippen LogP contribution in [0.25, 0.3) is 11.1 Å². The number of halogens is 1. The number of aryl methyl sites for hydroxylation is 1. The number of methoxy groups -OCH3 is 1. The standard InChI is InChI=1S/C30H36FNO5/c1-19-10-11-21(14-27(19)31)16-30(3,4)32-17-23(33)18-37-20(2)24-8-6-7-9-25(24)22-12-13-26(29(34)35)28(15-22)36-5/h6-15,20,23,32-33H,16-18H2,1-5H3,(H,34,35)/t20?,23-/m0/s1. The van der Waals surface area contributed by atoms with E-state index in [4.69, 9.17) is 9.47 Å². The molecule has 0 heterocycles. The molecule has 7 heteroatoms. The SMILES string of the molecule is COc1cc(-c2ccccc2C(C)OC[C@@H](O)CNC(C)(C)Cc2ccc(C)c(F)c2)ccc1C(=O)O. The van der Waals surface area contributed by atoms with Crippen molar-refractivity contribution in [2.45, 2.75) is 51.9 Å². The van der Waals surface area contributed by atoms with Crippen LogP contribution in [0.4, 0.5) is 4.39 Å². The van der Waals surface area contributed by atoms with Gasteiger partial charge in [-0.25, -0.2) is 9.18 Å². The lowest BCUT2D eigenvalue weighted by molar-refractivity contribution is -0.00397. The predicted octanol–water partition coefficient (Wildman–Crippen LogP) is 5.56. The molecule has 0 spiro atoms. The van der Waals surface area contributed by atoms with Crippen molar-refractivity contribution in [2.24, 2.45) is 0 Å². The van der Waals surface area contributed by atoms with E-state index in [9.17, 15) is 19.4 Å². The molecule has 3 aromatic carbocycles. The number of ether oxygens (including phenoxy) is 2. The van der Waals surface area contributed by atoms with E-state index in [2.05, 4.69) is 5.32 Å². The minimum Gasteiger partial charge on any atom is -0.496 e. The van der Waals surface area contributed by atoms with Crippen LogP contribution in [0.5, 0.6) is 5.75 Å². The highest BCUT2D eigenvalue weighted by Gasteiger charge is 2.21. The second-order valence-electron chi connectivity index (χ2n) is 9.96. The minimum absolute atomic E-state index is 0.0964. The molecule has 37 heavy (non-hydrogen) atoms. The maximum Gasteiger partial charge on any atom is 0.339 e. The van der Waals surface area contributed by atoms with Crippen LogP contribution in [0.15, 0.2) is 60.7 Å². The van der Waals surface area contributed by atoms with Crippen LogP contribution in [0.1, 0.15) is 53.9 Å². The Bertz CT molecular complexity index is 1230. The van der Waals surface area contributed by atoms with Gasteiger partial charge in [0.05, 0.1) is 25.9 Å². The van der Waals surface area contributed by atoms with E-state index in [-0.39, 0.29) is 35.4 Å². The molecule has 0 radical (unpaired) electrons. The molecule has 198 valence electrons. The average molecular weight is 510 g/mol. The molecule has 0 saturated heterocycles. The average Bonchev–Trinajstić information content (AvgIpc) is 2.87. The van der Waals surface area contributed by atoms with Crippen molar-refractivity contribution in [3.05, 3.63) is 88.7 Å². The topological polar surface area (TPSA) is 88.0 Å². The van der Waals surface area contributed by atoms with Crippen molar-refractivity contribution in [3.63, 3.8) is 0 Å². The van der Waals surface area contributed by atoms with Crippen LogP contribution >= 0.6 is 0 Å². The molecule has 6 nitrogen and oxygen atoms in total. The van der Waals surface area contributed by atoms with Crippen LogP contribution in [0, 0.1) is 12.7 Å². The van der Waals surface area contributed by atoms with Crippen LogP contribution in [-0.4, -0.2) is 48.1 Å². The van der Waals surface area contributed by atoms with Crippen LogP contribution in [0.3, 0.4) is 0 Å². The van der Waals surface area contributed by atoms with Gasteiger partial charge in [0.15, 0.2) is 0 Å². The largest absolute Gasteiger partial charge is 0.496 e. The van der Waals surface area contributed by atoms with Gasteiger partial charge < -0.3 is 25.0 Å². The molecular weight excluding hydrogens is 473 g/mol. The zero-order valence-corrected chi connectivity index (χ0v) is 22.0. The minimum atomic E-state index is -1.05. The Morgan fingerprint density at radius 3 is 2.51 bits per heavy atom. The van der Waals surface area contributed by atoms with Crippen molar-refractivity contribution < 1.29 is 28.9 Å². The maximum absolute atomic E-state index is 13.9. The van der Waals surface area contributed by atoms with Gasteiger partial charge >= 0.3 is 5.97 Å². The number of hydrogen-bond acceptors (Lipinski definition) is 5. The highest BCUT2D eigenvalue weighted by molar-refractivity contribution is 5.92. The van der Waals surface area contributed by atoms with Gasteiger partial charge in [0, 0.05) is 12.1 Å². The first-order chi connectivity index (χ1) is 17.5. The van der Waals surface area contributed by atoms with Crippen LogP contribution < -0.4 is 10.1 Å². The van der Waals surface area contributed by atoms with Gasteiger partial charge in [-0.2, -0.15) is 0 Å². The monoisotopic (exact) mass is 509 g/mol. The first-order valence-corrected chi connectivity index (χ1v) is 12.3. The van der Waals surface area contributed by atoms with E-state index in [1.54, 1.807) is 31.2 Å². The van der Waals surface area contributed by atoms with Crippen LogP contribution in [0.2, 0.25) is 0 Å². The Morgan fingerprint density at radius 1 is 1.11 bits per heavy atom. The molecule has 0 fully saturated rings. The van der Waals surface area contributed by atoms with Crippen molar-refractivity contribution in [2.75, 3.05) is 20.3 Å². The quantitative estimate of drug-likeness (QED) is 0.296. The van der Waals surface area contributed by atoms with Gasteiger partial charge in [0.25, 0.3) is 0 Å². The maximum atomic E-state index is 13.9. The number of rotatable bonds is 12. The normalized spacial score (nSPS) is 13.3. The highest BCUT2D eigenvalue weighted by Crippen LogP contribution is 2.33. The Labute approximate surface area is 218 Å². The molecular formula is C30H36FNO5. The van der Waals surface area contributed by atoms with Gasteiger partial charge in [0.1, 0.15) is 17.1 Å². The molecule has 0 amide bonds. The zero-order valence-electron chi connectivity index (χ0n) is 22.0. The summed E-state index contributed by atoms with van der Waals surface area (Å²) in [5.41, 5.74) is 3.88. The van der Waals surface area contributed by atoms with Crippen molar-refractivity contribution in [1.29, 1.82) is 0 Å². The first-order valence-electron chi connectivity index (χ1n) is 12.3. The number of benzene rings is 3. The van der Waals surface area contributed by atoms with E-state index >= 15 is 0 Å². The number of carboxylic acid groups (broad SMARTS) is 1. The molecule has 2 atom stereocenters. The lowest BCUT2D eigenvalue weighted by Crippen LogP contribution is -2.46. The van der Waals surface area contributed by atoms with Gasteiger partial charge in [0.2, 0.25) is 0 Å². The molecule has 3 aromatic rings. The van der Waals surface area contributed by atoms with Gasteiger partial charge in [-0.3, -0.25) is 0 Å². The zero-order chi connectivity index (χ0) is 27.2. The highest BCUT2D eigenvalue weighted by atomic mass is 19.1. The summed E-state index contributed by atoms with van der Waals surface area (Å²) in [6.07, 6.45) is -0.441. The number of carbonyl (C=O) groups is 1. The molecule has 0 aliphatic carbocycles. The number of aliphatic hydroxyl groups excluding tert-OH is 1. The molecule has 0 aliphatic rings. The third-order valence-electron chi connectivity index (χ3n) is 6.38. The van der Waals surface area contributed by atoms with Gasteiger partial charge in [-0.05, 0) is 80.1 Å². The summed E-state index contributed by atoms with van der Waals surface area (Å²) in [4.78, 5) is 11.4. The van der Waals surface area contributed by atoms with Crippen molar-refractivity contribution in [1.82, 2.24) is 5.32 Å². The van der Waals surface area contributed by atoms with Gasteiger partial charge in [-0.1, -0.05) is 42.5 Å². The lowest BCUT2D eigenvalue weighted by atomic mass is 9.94. The molecule has 0 bridgehead atoms. The Balaban J connectivity index is 1.61. The summed E-state index contributed by atoms with van der Waals surface area (Å²) in [6, 6.07) is 18.0. The third kappa shape index (κ3) is 7.61. The van der Waals surface area contributed by atoms with Crippen LogP contribution in [-0.2, 0) is 11.2 Å². The number of β-amino-alcohol motifs (C(OH)–C–C–N with tert-alkyl or cyclic N) is 1. The number of aliphatic hydroxyl groups is 1. The van der Waals surface area contributed by atoms with Crippen molar-refractivity contribution >= 4 is 5.97 Å². The smallest absolute Gasteiger partial charge is 0.339 e. The number of hydrogen-bond donors (Lipinski definition) is 3. The fraction of sp³-hybridized carbons (Fsp3) is 0.367. The summed E-state index contributed by atoms with van der Waals surface area (Å²) in [6.45, 7) is 8.13. The van der Waals surface area contributed by atoms with E-state index < -0.39 is 12.1 Å². The van der Waals surface area contributed by atoms with Gasteiger partial charge in [-0.15, -0.1) is 0 Å². The van der Waals surface area contributed by atoms with Crippen molar-refractivity contribution in [3.8, 4) is 16.9 Å². The fourth-order valence-corrected chi connectivity index (χ4v) is 4.27. The molecule has 0 aromatic heterocycles. The van der Waals surface area contributed by atoms with E-state index in [1.807, 2.05) is 51.1 Å². The second-order valence-corrected chi connectivity index (χ2v) is 9.96. The Kier molecular flexibility index (Phi) is 9.43. The summed E-state index contributed by atoms with van der Waals surface area (Å²) in [5.74, 6) is -0.983. The number of nitrogens with one attached hydrogen (secondary N) is 1. The summed E-state index contributed by atoms with van der Waals surface area (Å²) in [7, 11) is 1.44. The predicted molar refractivity (Wildman–Crippen MR) is 143 cm³/mol.